The third-order valence-electron chi connectivity index (χ3n) is 5.48. The highest BCUT2D eigenvalue weighted by molar-refractivity contribution is 6.10. The van der Waals surface area contributed by atoms with Gasteiger partial charge in [-0.3, -0.25) is 14.5 Å². The molecule has 2 aliphatic rings. The molecule has 1 aromatic rings. The van der Waals surface area contributed by atoms with Gasteiger partial charge >= 0.3 is 6.03 Å². The zero-order valence-corrected chi connectivity index (χ0v) is 15.8. The number of nitrogens with one attached hydrogen (secondary N) is 2. The van der Waals surface area contributed by atoms with Crippen LogP contribution < -0.4 is 20.1 Å². The average molecular weight is 375 g/mol. The average Bonchev–Trinajstić information content (AvgIpc) is 2.89. The summed E-state index contributed by atoms with van der Waals surface area (Å²) in [5.41, 5.74) is -0.460. The van der Waals surface area contributed by atoms with Crippen LogP contribution in [0.1, 0.15) is 32.6 Å². The van der Waals surface area contributed by atoms with Crippen LogP contribution in [0.2, 0.25) is 0 Å². The predicted octanol–water partition coefficient (Wildman–Crippen LogP) is 2.14. The summed E-state index contributed by atoms with van der Waals surface area (Å²) in [6, 6.07) is 4.48. The van der Waals surface area contributed by atoms with E-state index < -0.39 is 17.5 Å². The number of imide groups is 1. The van der Waals surface area contributed by atoms with Gasteiger partial charge in [-0.05, 0) is 30.9 Å². The maximum absolute atomic E-state index is 12.9. The minimum absolute atomic E-state index is 0.0502. The summed E-state index contributed by atoms with van der Waals surface area (Å²) in [5, 5.41) is 5.53. The molecule has 0 aromatic heterocycles. The molecule has 1 aliphatic carbocycles. The Hall–Kier alpha value is -2.77. The Balaban J connectivity index is 1.73. The molecule has 2 fully saturated rings. The maximum Gasteiger partial charge on any atom is 0.325 e. The number of carbonyl (C=O) groups is 3. The van der Waals surface area contributed by atoms with Crippen molar-refractivity contribution in [2.24, 2.45) is 5.92 Å². The van der Waals surface area contributed by atoms with Gasteiger partial charge in [0.05, 0.1) is 19.9 Å². The van der Waals surface area contributed by atoms with Crippen LogP contribution in [0, 0.1) is 5.92 Å². The number of anilines is 1. The summed E-state index contributed by atoms with van der Waals surface area (Å²) < 4.78 is 10.4. The molecule has 1 aromatic carbocycles. The van der Waals surface area contributed by atoms with Gasteiger partial charge in [0.1, 0.15) is 23.6 Å². The molecule has 0 radical (unpaired) electrons. The first-order valence-electron chi connectivity index (χ1n) is 9.07. The van der Waals surface area contributed by atoms with Gasteiger partial charge in [-0.2, -0.15) is 0 Å². The summed E-state index contributed by atoms with van der Waals surface area (Å²) in [4.78, 5) is 38.8. The molecule has 3 rings (SSSR count). The second-order valence-electron chi connectivity index (χ2n) is 7.05. The standard InChI is InChI=1S/C19H25N3O5/c1-12-6-4-5-9-19(12)17(24)22(18(25)21-19)11-16(23)20-14-10-13(26-2)7-8-15(14)27-3/h7-8,10,12H,4-6,9,11H2,1-3H3,(H,20,23)(H,21,25)/t12-,19+/m0/s1. The van der Waals surface area contributed by atoms with E-state index in [9.17, 15) is 14.4 Å². The number of rotatable bonds is 5. The van der Waals surface area contributed by atoms with Crippen molar-refractivity contribution in [1.82, 2.24) is 10.2 Å². The highest BCUT2D eigenvalue weighted by Crippen LogP contribution is 2.38. The Morgan fingerprint density at radius 2 is 2.07 bits per heavy atom. The Bertz CT molecular complexity index is 766. The lowest BCUT2D eigenvalue weighted by Gasteiger charge is -2.36. The molecule has 8 heteroatoms. The van der Waals surface area contributed by atoms with E-state index in [0.717, 1.165) is 24.2 Å². The molecule has 1 spiro atoms. The van der Waals surface area contributed by atoms with E-state index in [1.165, 1.54) is 14.2 Å². The maximum atomic E-state index is 12.9. The molecule has 1 aliphatic heterocycles. The van der Waals surface area contributed by atoms with E-state index in [-0.39, 0.29) is 18.4 Å². The number of benzene rings is 1. The van der Waals surface area contributed by atoms with Crippen molar-refractivity contribution in [3.8, 4) is 11.5 Å². The van der Waals surface area contributed by atoms with Gasteiger partial charge in [0.2, 0.25) is 5.91 Å². The van der Waals surface area contributed by atoms with Crippen LogP contribution in [-0.4, -0.2) is 49.0 Å². The fourth-order valence-electron chi connectivity index (χ4n) is 3.88. The summed E-state index contributed by atoms with van der Waals surface area (Å²) in [7, 11) is 3.01. The molecule has 8 nitrogen and oxygen atoms in total. The number of urea groups is 1. The van der Waals surface area contributed by atoms with Crippen molar-refractivity contribution in [2.75, 3.05) is 26.1 Å². The smallest absolute Gasteiger partial charge is 0.325 e. The first-order valence-corrected chi connectivity index (χ1v) is 9.07. The van der Waals surface area contributed by atoms with Gasteiger partial charge in [0.15, 0.2) is 0 Å². The van der Waals surface area contributed by atoms with E-state index in [1.54, 1.807) is 18.2 Å². The normalized spacial score (nSPS) is 24.7. The van der Waals surface area contributed by atoms with Crippen molar-refractivity contribution in [3.05, 3.63) is 18.2 Å². The summed E-state index contributed by atoms with van der Waals surface area (Å²) in [5.74, 6) is 0.266. The minimum Gasteiger partial charge on any atom is -0.497 e. The van der Waals surface area contributed by atoms with Gasteiger partial charge in [0.25, 0.3) is 5.91 Å². The van der Waals surface area contributed by atoms with Gasteiger partial charge in [0, 0.05) is 6.07 Å². The molecule has 4 amide bonds. The van der Waals surface area contributed by atoms with E-state index >= 15 is 0 Å². The van der Waals surface area contributed by atoms with Crippen LogP contribution in [0.3, 0.4) is 0 Å². The zero-order chi connectivity index (χ0) is 19.6. The highest BCUT2D eigenvalue weighted by atomic mass is 16.5. The van der Waals surface area contributed by atoms with Gasteiger partial charge in [-0.25, -0.2) is 4.79 Å². The van der Waals surface area contributed by atoms with Crippen molar-refractivity contribution >= 4 is 23.5 Å². The second kappa shape index (κ2) is 7.46. The lowest BCUT2D eigenvalue weighted by molar-refractivity contribution is -0.136. The fourth-order valence-corrected chi connectivity index (χ4v) is 3.88. The molecule has 0 bridgehead atoms. The first kappa shape index (κ1) is 19.0. The number of nitrogens with zero attached hydrogens (tertiary/aromatic N) is 1. The number of methoxy groups -OCH3 is 2. The summed E-state index contributed by atoms with van der Waals surface area (Å²) >= 11 is 0. The molecule has 2 atom stereocenters. The Morgan fingerprint density at radius 3 is 2.74 bits per heavy atom. The van der Waals surface area contributed by atoms with Crippen molar-refractivity contribution in [1.29, 1.82) is 0 Å². The molecule has 0 unspecified atom stereocenters. The monoisotopic (exact) mass is 375 g/mol. The van der Waals surface area contributed by atoms with Crippen molar-refractivity contribution in [3.63, 3.8) is 0 Å². The van der Waals surface area contributed by atoms with Crippen LogP contribution in [0.5, 0.6) is 11.5 Å². The van der Waals surface area contributed by atoms with Gasteiger partial charge in [-0.15, -0.1) is 0 Å². The van der Waals surface area contributed by atoms with Crippen LogP contribution in [0.25, 0.3) is 0 Å². The predicted molar refractivity (Wildman–Crippen MR) is 98.8 cm³/mol. The number of amides is 4. The minimum atomic E-state index is -0.872. The van der Waals surface area contributed by atoms with Gasteiger partial charge in [-0.1, -0.05) is 19.8 Å². The van der Waals surface area contributed by atoms with Crippen LogP contribution in [0.4, 0.5) is 10.5 Å². The number of hydrogen-bond acceptors (Lipinski definition) is 5. The summed E-state index contributed by atoms with van der Waals surface area (Å²) in [6.07, 6.45) is 3.42. The fraction of sp³-hybridized carbons (Fsp3) is 0.526. The Labute approximate surface area is 158 Å². The second-order valence-corrected chi connectivity index (χ2v) is 7.05. The van der Waals surface area contributed by atoms with Crippen molar-refractivity contribution < 1.29 is 23.9 Å². The molecule has 2 N–H and O–H groups in total. The van der Waals surface area contributed by atoms with Crippen LogP contribution >= 0.6 is 0 Å². The number of carbonyl (C=O) groups excluding carboxylic acids is 3. The first-order chi connectivity index (χ1) is 12.9. The third kappa shape index (κ3) is 3.43. The lowest BCUT2D eigenvalue weighted by Crippen LogP contribution is -2.54. The molecule has 1 saturated heterocycles. The van der Waals surface area contributed by atoms with E-state index in [4.69, 9.17) is 9.47 Å². The molecule has 1 heterocycles. The Kier molecular flexibility index (Phi) is 5.25. The topological polar surface area (TPSA) is 97.0 Å². The van der Waals surface area contributed by atoms with Crippen LogP contribution in [0.15, 0.2) is 18.2 Å². The highest BCUT2D eigenvalue weighted by Gasteiger charge is 2.55. The molecule has 27 heavy (non-hydrogen) atoms. The quantitative estimate of drug-likeness (QED) is 0.769. The molecular weight excluding hydrogens is 350 g/mol. The lowest BCUT2D eigenvalue weighted by atomic mass is 9.73. The van der Waals surface area contributed by atoms with E-state index in [2.05, 4.69) is 10.6 Å². The zero-order valence-electron chi connectivity index (χ0n) is 15.8. The third-order valence-corrected chi connectivity index (χ3v) is 5.48. The number of ether oxygens (including phenoxy) is 2. The summed E-state index contributed by atoms with van der Waals surface area (Å²) in [6.45, 7) is 1.63. The SMILES string of the molecule is COc1ccc(OC)c(NC(=O)CN2C(=O)N[C@@]3(CCCC[C@@H]3C)C2=O)c1. The molecular formula is C19H25N3O5. The largest absolute Gasteiger partial charge is 0.497 e. The van der Waals surface area contributed by atoms with Crippen molar-refractivity contribution in [2.45, 2.75) is 38.1 Å². The van der Waals surface area contributed by atoms with E-state index in [0.29, 0.717) is 23.6 Å². The molecule has 146 valence electrons. The van der Waals surface area contributed by atoms with E-state index in [1.807, 2.05) is 6.92 Å². The van der Waals surface area contributed by atoms with Crippen LogP contribution in [-0.2, 0) is 9.59 Å². The van der Waals surface area contributed by atoms with Gasteiger partial charge < -0.3 is 20.1 Å². The molecule has 1 saturated carbocycles. The number of hydrogen-bond donors (Lipinski definition) is 2. The Morgan fingerprint density at radius 1 is 1.30 bits per heavy atom.